The minimum Gasteiger partial charge on any atom is -0.329 e. The van der Waals surface area contributed by atoms with Crippen LogP contribution in [0.2, 0.25) is 0 Å². The topological polar surface area (TPSA) is 29.3 Å². The van der Waals surface area contributed by atoms with E-state index in [-0.39, 0.29) is 0 Å². The number of likely N-dealkylation sites (tertiary alicyclic amines) is 1. The summed E-state index contributed by atoms with van der Waals surface area (Å²) in [6.45, 7) is 4.65. The lowest BCUT2D eigenvalue weighted by molar-refractivity contribution is -0.0510. The van der Waals surface area contributed by atoms with E-state index in [2.05, 4.69) is 11.8 Å². The Morgan fingerprint density at radius 2 is 1.84 bits per heavy atom. The molecular weight excluding hydrogens is 232 g/mol. The highest BCUT2D eigenvalue weighted by molar-refractivity contribution is 5.01. The third-order valence-electron chi connectivity index (χ3n) is 6.30. The molecule has 2 aliphatic carbocycles. The molecule has 2 heteroatoms. The Hall–Kier alpha value is -0.0800. The van der Waals surface area contributed by atoms with Crippen LogP contribution in [0.5, 0.6) is 0 Å². The highest BCUT2D eigenvalue weighted by Crippen LogP contribution is 2.44. The normalized spacial score (nSPS) is 44.8. The quantitative estimate of drug-likeness (QED) is 0.826. The first kappa shape index (κ1) is 13.9. The van der Waals surface area contributed by atoms with Crippen molar-refractivity contribution in [1.82, 2.24) is 4.90 Å². The molecule has 4 atom stereocenters. The van der Waals surface area contributed by atoms with Gasteiger partial charge in [-0.05, 0) is 56.9 Å². The van der Waals surface area contributed by atoms with Crippen LogP contribution >= 0.6 is 0 Å². The van der Waals surface area contributed by atoms with Gasteiger partial charge in [-0.3, -0.25) is 4.90 Å². The summed E-state index contributed by atoms with van der Waals surface area (Å²) >= 11 is 0. The Morgan fingerprint density at radius 1 is 1.05 bits per heavy atom. The van der Waals surface area contributed by atoms with Gasteiger partial charge in [0.05, 0.1) is 0 Å². The first-order valence-electron chi connectivity index (χ1n) is 8.72. The average Bonchev–Trinajstić information content (AvgIpc) is 2.46. The Balaban J connectivity index is 1.80. The molecular formula is C17H32N2. The van der Waals surface area contributed by atoms with E-state index in [1.54, 1.807) is 0 Å². The van der Waals surface area contributed by atoms with E-state index in [9.17, 15) is 0 Å². The fraction of sp³-hybridized carbons (Fsp3) is 1.00. The fourth-order valence-electron chi connectivity index (χ4n) is 5.41. The zero-order chi connectivity index (χ0) is 13.3. The SMILES string of the molecule is CC1CCCC(CN)(N2CCC[C@H]3CCCC[C@H]32)C1. The molecule has 0 aromatic rings. The van der Waals surface area contributed by atoms with Gasteiger partial charge in [0.2, 0.25) is 0 Å². The third kappa shape index (κ3) is 2.58. The molecule has 2 saturated carbocycles. The van der Waals surface area contributed by atoms with Crippen molar-refractivity contribution >= 4 is 0 Å². The van der Waals surface area contributed by atoms with Crippen molar-refractivity contribution in [3.05, 3.63) is 0 Å². The molecule has 1 aliphatic heterocycles. The molecule has 110 valence electrons. The molecule has 0 amide bonds. The zero-order valence-electron chi connectivity index (χ0n) is 12.7. The van der Waals surface area contributed by atoms with Gasteiger partial charge < -0.3 is 5.73 Å². The first-order chi connectivity index (χ1) is 9.25. The molecule has 0 aromatic carbocycles. The second-order valence-corrected chi connectivity index (χ2v) is 7.58. The Kier molecular flexibility index (Phi) is 4.19. The number of hydrogen-bond acceptors (Lipinski definition) is 2. The number of fused-ring (bicyclic) bond motifs is 1. The van der Waals surface area contributed by atoms with Gasteiger partial charge in [-0.15, -0.1) is 0 Å². The van der Waals surface area contributed by atoms with Crippen molar-refractivity contribution in [2.45, 2.75) is 82.7 Å². The van der Waals surface area contributed by atoms with E-state index < -0.39 is 0 Å². The van der Waals surface area contributed by atoms with Gasteiger partial charge in [-0.1, -0.05) is 32.6 Å². The number of piperidine rings is 1. The maximum Gasteiger partial charge on any atom is 0.0337 e. The summed E-state index contributed by atoms with van der Waals surface area (Å²) in [5, 5.41) is 0. The van der Waals surface area contributed by atoms with Gasteiger partial charge in [0.15, 0.2) is 0 Å². The van der Waals surface area contributed by atoms with E-state index in [1.807, 2.05) is 0 Å². The van der Waals surface area contributed by atoms with Gasteiger partial charge in [-0.25, -0.2) is 0 Å². The monoisotopic (exact) mass is 264 g/mol. The summed E-state index contributed by atoms with van der Waals surface area (Å²) in [6, 6.07) is 0.872. The van der Waals surface area contributed by atoms with Crippen LogP contribution in [0.25, 0.3) is 0 Å². The Bertz CT molecular complexity index is 302. The van der Waals surface area contributed by atoms with Crippen LogP contribution < -0.4 is 5.73 Å². The van der Waals surface area contributed by atoms with E-state index in [0.717, 1.165) is 24.4 Å². The first-order valence-corrected chi connectivity index (χ1v) is 8.72. The lowest BCUT2D eigenvalue weighted by Crippen LogP contribution is -2.63. The van der Waals surface area contributed by atoms with Crippen LogP contribution in [0.3, 0.4) is 0 Å². The minimum atomic E-state index is 0.359. The van der Waals surface area contributed by atoms with E-state index in [1.165, 1.54) is 70.8 Å². The molecule has 3 rings (SSSR count). The molecule has 19 heavy (non-hydrogen) atoms. The molecule has 0 bridgehead atoms. The minimum absolute atomic E-state index is 0.359. The van der Waals surface area contributed by atoms with Crippen molar-refractivity contribution in [3.63, 3.8) is 0 Å². The maximum absolute atomic E-state index is 6.31. The molecule has 0 radical (unpaired) electrons. The van der Waals surface area contributed by atoms with E-state index in [0.29, 0.717) is 5.54 Å². The van der Waals surface area contributed by atoms with Crippen LogP contribution in [0.4, 0.5) is 0 Å². The lowest BCUT2D eigenvalue weighted by atomic mass is 9.70. The van der Waals surface area contributed by atoms with Crippen LogP contribution in [0.1, 0.15) is 71.1 Å². The summed E-state index contributed by atoms with van der Waals surface area (Å²) < 4.78 is 0. The van der Waals surface area contributed by atoms with Crippen molar-refractivity contribution in [2.75, 3.05) is 13.1 Å². The van der Waals surface area contributed by atoms with Crippen molar-refractivity contribution in [2.24, 2.45) is 17.6 Å². The van der Waals surface area contributed by atoms with Crippen LogP contribution in [-0.2, 0) is 0 Å². The van der Waals surface area contributed by atoms with Crippen LogP contribution in [0.15, 0.2) is 0 Å². The van der Waals surface area contributed by atoms with Gasteiger partial charge in [0.25, 0.3) is 0 Å². The summed E-state index contributed by atoms with van der Waals surface area (Å²) in [4.78, 5) is 2.91. The van der Waals surface area contributed by atoms with Crippen molar-refractivity contribution < 1.29 is 0 Å². The van der Waals surface area contributed by atoms with E-state index in [4.69, 9.17) is 5.73 Å². The third-order valence-corrected chi connectivity index (χ3v) is 6.30. The number of hydrogen-bond donors (Lipinski definition) is 1. The lowest BCUT2D eigenvalue weighted by Gasteiger charge is -2.56. The summed E-state index contributed by atoms with van der Waals surface area (Å²) in [5.74, 6) is 1.87. The number of nitrogens with two attached hydrogens (primary N) is 1. The second kappa shape index (κ2) is 5.73. The summed E-state index contributed by atoms with van der Waals surface area (Å²) in [5.41, 5.74) is 6.67. The fourth-order valence-corrected chi connectivity index (χ4v) is 5.41. The molecule has 1 saturated heterocycles. The summed E-state index contributed by atoms with van der Waals surface area (Å²) in [7, 11) is 0. The second-order valence-electron chi connectivity index (χ2n) is 7.58. The Labute approximate surface area is 119 Å². The molecule has 3 aliphatic rings. The molecule has 1 heterocycles. The largest absolute Gasteiger partial charge is 0.329 e. The van der Waals surface area contributed by atoms with Crippen LogP contribution in [0, 0.1) is 11.8 Å². The predicted octanol–water partition coefficient (Wildman–Crippen LogP) is 3.55. The molecule has 0 aromatic heterocycles. The number of nitrogens with zero attached hydrogens (tertiary/aromatic N) is 1. The highest BCUT2D eigenvalue weighted by Gasteiger charge is 2.45. The predicted molar refractivity (Wildman–Crippen MR) is 81.1 cm³/mol. The standard InChI is InChI=1S/C17H32N2/c1-14-6-4-10-17(12-14,13-18)19-11-5-8-15-7-2-3-9-16(15)19/h14-16H,2-13,18H2,1H3/t14?,15-,16-,17?/m1/s1. The molecule has 2 unspecified atom stereocenters. The van der Waals surface area contributed by atoms with Gasteiger partial charge in [0.1, 0.15) is 0 Å². The molecule has 0 spiro atoms. The Morgan fingerprint density at radius 3 is 2.63 bits per heavy atom. The van der Waals surface area contributed by atoms with Crippen LogP contribution in [-0.4, -0.2) is 29.6 Å². The highest BCUT2D eigenvalue weighted by atomic mass is 15.2. The molecule has 3 fully saturated rings. The maximum atomic E-state index is 6.31. The average molecular weight is 264 g/mol. The smallest absolute Gasteiger partial charge is 0.0337 e. The van der Waals surface area contributed by atoms with E-state index >= 15 is 0 Å². The van der Waals surface area contributed by atoms with Crippen molar-refractivity contribution in [3.8, 4) is 0 Å². The molecule has 2 N–H and O–H groups in total. The van der Waals surface area contributed by atoms with Crippen molar-refractivity contribution in [1.29, 1.82) is 0 Å². The van der Waals surface area contributed by atoms with Gasteiger partial charge >= 0.3 is 0 Å². The zero-order valence-corrected chi connectivity index (χ0v) is 12.7. The number of rotatable bonds is 2. The molecule has 2 nitrogen and oxygen atoms in total. The van der Waals surface area contributed by atoms with Gasteiger partial charge in [0, 0.05) is 18.1 Å². The van der Waals surface area contributed by atoms with Gasteiger partial charge in [-0.2, -0.15) is 0 Å². The summed E-state index contributed by atoms with van der Waals surface area (Å²) in [6.07, 6.45) is 14.3.